The van der Waals surface area contributed by atoms with E-state index in [2.05, 4.69) is 22.0 Å². The number of halogens is 1. The lowest BCUT2D eigenvalue weighted by molar-refractivity contribution is 0.0817. The van der Waals surface area contributed by atoms with Crippen LogP contribution in [0.3, 0.4) is 0 Å². The normalized spacial score (nSPS) is 21.7. The van der Waals surface area contributed by atoms with Crippen molar-refractivity contribution in [3.05, 3.63) is 28.8 Å². The molecule has 3 rings (SSSR count). The Morgan fingerprint density at radius 1 is 1.35 bits per heavy atom. The summed E-state index contributed by atoms with van der Waals surface area (Å²) < 4.78 is 11.0. The molecule has 0 bridgehead atoms. The van der Waals surface area contributed by atoms with Crippen molar-refractivity contribution in [2.24, 2.45) is 0 Å². The van der Waals surface area contributed by atoms with Crippen LogP contribution in [0, 0.1) is 0 Å². The van der Waals surface area contributed by atoms with E-state index < -0.39 is 0 Å². The number of hydrogen-bond donors (Lipinski definition) is 1. The molecule has 144 valence electrons. The second-order valence-electron chi connectivity index (χ2n) is 6.76. The van der Waals surface area contributed by atoms with Gasteiger partial charge in [-0.15, -0.1) is 0 Å². The van der Waals surface area contributed by atoms with Gasteiger partial charge in [0.2, 0.25) is 0 Å². The number of piperidine rings is 1. The minimum atomic E-state index is -0.154. The molecule has 0 saturated carbocycles. The fraction of sp³-hybridized carbons (Fsp3) is 0.632. The van der Waals surface area contributed by atoms with Crippen LogP contribution in [0.15, 0.2) is 18.2 Å². The van der Waals surface area contributed by atoms with Gasteiger partial charge in [-0.05, 0) is 43.2 Å². The fourth-order valence-electron chi connectivity index (χ4n) is 3.45. The molecule has 0 radical (unpaired) electrons. The molecule has 0 aliphatic carbocycles. The summed E-state index contributed by atoms with van der Waals surface area (Å²) >= 11 is 8.40. The number of nitrogens with zero attached hydrogens (tertiary/aromatic N) is 1. The van der Waals surface area contributed by atoms with Crippen LogP contribution in [0.1, 0.15) is 29.6 Å². The Morgan fingerprint density at radius 2 is 2.15 bits per heavy atom. The Kier molecular flexibility index (Phi) is 7.49. The molecule has 1 amide bonds. The summed E-state index contributed by atoms with van der Waals surface area (Å²) in [5, 5.41) is 3.27. The predicted molar refractivity (Wildman–Crippen MR) is 107 cm³/mol. The molecule has 0 spiro atoms. The molecule has 2 aliphatic rings. The van der Waals surface area contributed by atoms with Gasteiger partial charge in [0.15, 0.2) is 0 Å². The van der Waals surface area contributed by atoms with Crippen LogP contribution in [-0.4, -0.2) is 67.8 Å². The molecule has 5 nitrogen and oxygen atoms in total. The van der Waals surface area contributed by atoms with Crippen molar-refractivity contribution in [3.8, 4) is 5.75 Å². The van der Waals surface area contributed by atoms with Crippen LogP contribution in [0.4, 0.5) is 0 Å². The number of carbonyl (C=O) groups excluding carboxylic acids is 1. The lowest BCUT2D eigenvalue weighted by atomic mass is 10.0. The van der Waals surface area contributed by atoms with Crippen molar-refractivity contribution in [1.29, 1.82) is 0 Å². The molecule has 2 heterocycles. The molecular formula is C19H27ClN2O3S. The maximum Gasteiger partial charge on any atom is 0.251 e. The van der Waals surface area contributed by atoms with E-state index in [9.17, 15) is 4.79 Å². The van der Waals surface area contributed by atoms with E-state index in [0.717, 1.165) is 32.0 Å². The molecule has 1 aromatic rings. The van der Waals surface area contributed by atoms with E-state index in [1.165, 1.54) is 17.9 Å². The lowest BCUT2D eigenvalue weighted by Crippen LogP contribution is -2.44. The molecule has 2 fully saturated rings. The Hall–Kier alpha value is -0.950. The summed E-state index contributed by atoms with van der Waals surface area (Å²) in [5.74, 6) is 3.07. The quantitative estimate of drug-likeness (QED) is 0.715. The number of likely N-dealkylation sites (tertiary alicyclic amines) is 1. The average molecular weight is 399 g/mol. The third-order valence-corrected chi connectivity index (χ3v) is 6.42. The highest BCUT2D eigenvalue weighted by atomic mass is 35.5. The van der Waals surface area contributed by atoms with Crippen LogP contribution >= 0.6 is 23.4 Å². The molecule has 26 heavy (non-hydrogen) atoms. The second-order valence-corrected chi connectivity index (χ2v) is 8.32. The minimum Gasteiger partial charge on any atom is -0.489 e. The number of ether oxygens (including phenoxy) is 2. The zero-order valence-corrected chi connectivity index (χ0v) is 16.8. The number of benzene rings is 1. The summed E-state index contributed by atoms with van der Waals surface area (Å²) in [7, 11) is 1.60. The molecule has 0 aromatic heterocycles. The smallest absolute Gasteiger partial charge is 0.251 e. The Bertz CT molecular complexity index is 602. The number of nitrogens with one attached hydrogen (secondary N) is 1. The molecule has 1 atom stereocenters. The van der Waals surface area contributed by atoms with Crippen molar-refractivity contribution in [2.75, 3.05) is 44.9 Å². The largest absolute Gasteiger partial charge is 0.489 e. The molecule has 1 unspecified atom stereocenters. The van der Waals surface area contributed by atoms with Gasteiger partial charge in [0.1, 0.15) is 11.9 Å². The van der Waals surface area contributed by atoms with Crippen LogP contribution in [-0.2, 0) is 4.74 Å². The van der Waals surface area contributed by atoms with Gasteiger partial charge in [0.05, 0.1) is 11.6 Å². The lowest BCUT2D eigenvalue weighted by Gasteiger charge is -2.35. The summed E-state index contributed by atoms with van der Waals surface area (Å²) in [6, 6.07) is 5.98. The van der Waals surface area contributed by atoms with Gasteiger partial charge in [-0.3, -0.25) is 9.69 Å². The van der Waals surface area contributed by atoms with Gasteiger partial charge in [0, 0.05) is 44.1 Å². The first kappa shape index (κ1) is 19.8. The van der Waals surface area contributed by atoms with E-state index in [-0.39, 0.29) is 12.0 Å². The van der Waals surface area contributed by atoms with Gasteiger partial charge < -0.3 is 14.8 Å². The number of amides is 1. The number of rotatable bonds is 7. The van der Waals surface area contributed by atoms with Crippen molar-refractivity contribution < 1.29 is 14.3 Å². The average Bonchev–Trinajstić information content (AvgIpc) is 3.19. The van der Waals surface area contributed by atoms with Crippen LogP contribution in [0.5, 0.6) is 5.75 Å². The third-order valence-electron chi connectivity index (χ3n) is 4.98. The Morgan fingerprint density at radius 3 is 2.81 bits per heavy atom. The highest BCUT2D eigenvalue weighted by Crippen LogP contribution is 2.30. The summed E-state index contributed by atoms with van der Waals surface area (Å²) in [4.78, 5) is 14.7. The first-order valence-corrected chi connectivity index (χ1v) is 10.8. The van der Waals surface area contributed by atoms with Crippen molar-refractivity contribution in [2.45, 2.75) is 31.4 Å². The number of methoxy groups -OCH3 is 1. The first-order valence-electron chi connectivity index (χ1n) is 9.22. The fourth-order valence-corrected chi connectivity index (χ4v) is 4.93. The molecular weight excluding hydrogens is 372 g/mol. The molecule has 2 saturated heterocycles. The zero-order chi connectivity index (χ0) is 18.4. The van der Waals surface area contributed by atoms with Crippen LogP contribution < -0.4 is 10.1 Å². The highest BCUT2D eigenvalue weighted by molar-refractivity contribution is 7.99. The van der Waals surface area contributed by atoms with E-state index >= 15 is 0 Å². The molecule has 2 aliphatic heterocycles. The van der Waals surface area contributed by atoms with E-state index in [4.69, 9.17) is 21.1 Å². The van der Waals surface area contributed by atoms with E-state index in [1.807, 2.05) is 0 Å². The molecule has 1 N–H and O–H groups in total. The number of hydrogen-bond acceptors (Lipinski definition) is 5. The standard InChI is InChI=1S/C19H27ClN2O3S/c1-24-10-7-21-19(23)14-2-3-18(17(20)12-14)25-16-4-8-22(9-5-16)15-6-11-26-13-15/h2-3,12,15-16H,4-11,13H2,1H3,(H,21,23). The van der Waals surface area contributed by atoms with E-state index in [1.54, 1.807) is 25.3 Å². The van der Waals surface area contributed by atoms with Gasteiger partial charge >= 0.3 is 0 Å². The summed E-state index contributed by atoms with van der Waals surface area (Å²) in [5.41, 5.74) is 0.534. The van der Waals surface area contributed by atoms with Crippen molar-refractivity contribution in [1.82, 2.24) is 10.2 Å². The van der Waals surface area contributed by atoms with Gasteiger partial charge in [-0.1, -0.05) is 11.6 Å². The van der Waals surface area contributed by atoms with Gasteiger partial charge in [0.25, 0.3) is 5.91 Å². The minimum absolute atomic E-state index is 0.154. The van der Waals surface area contributed by atoms with Crippen LogP contribution in [0.2, 0.25) is 5.02 Å². The number of thioether (sulfide) groups is 1. The molecule has 7 heteroatoms. The number of carbonyl (C=O) groups is 1. The zero-order valence-electron chi connectivity index (χ0n) is 15.2. The third kappa shape index (κ3) is 5.28. The van der Waals surface area contributed by atoms with Gasteiger partial charge in [-0.2, -0.15) is 11.8 Å². The topological polar surface area (TPSA) is 50.8 Å². The van der Waals surface area contributed by atoms with Crippen LogP contribution in [0.25, 0.3) is 0 Å². The second kappa shape index (κ2) is 9.83. The highest BCUT2D eigenvalue weighted by Gasteiger charge is 2.28. The monoisotopic (exact) mass is 398 g/mol. The van der Waals surface area contributed by atoms with E-state index in [0.29, 0.717) is 29.5 Å². The van der Waals surface area contributed by atoms with Crippen molar-refractivity contribution >= 4 is 29.3 Å². The predicted octanol–water partition coefficient (Wildman–Crippen LogP) is 3.06. The van der Waals surface area contributed by atoms with Gasteiger partial charge in [-0.25, -0.2) is 0 Å². The summed E-state index contributed by atoms with van der Waals surface area (Å²) in [6.07, 6.45) is 3.56. The Labute approximate surface area is 164 Å². The maximum absolute atomic E-state index is 12.1. The first-order chi connectivity index (χ1) is 12.7. The summed E-state index contributed by atoms with van der Waals surface area (Å²) in [6.45, 7) is 3.14. The Balaban J connectivity index is 1.50. The maximum atomic E-state index is 12.1. The SMILES string of the molecule is COCCNC(=O)c1ccc(OC2CCN(C3CCSC3)CC2)c(Cl)c1. The van der Waals surface area contributed by atoms with Crippen molar-refractivity contribution in [3.63, 3.8) is 0 Å². The molecule has 1 aromatic carbocycles.